The maximum atomic E-state index is 13.7. The number of amides is 2. The average molecular weight is 516 g/mol. The zero-order chi connectivity index (χ0) is 27.4. The third-order valence-corrected chi connectivity index (χ3v) is 6.99. The Kier molecular flexibility index (Phi) is 6.12. The third kappa shape index (κ3) is 4.68. The summed E-state index contributed by atoms with van der Waals surface area (Å²) in [5.41, 5.74) is 4.41. The van der Waals surface area contributed by atoms with Gasteiger partial charge in [-0.05, 0) is 32.3 Å². The average Bonchev–Trinajstić information content (AvgIpc) is 3.48. The van der Waals surface area contributed by atoms with Gasteiger partial charge in [-0.3, -0.25) is 9.59 Å². The van der Waals surface area contributed by atoms with Crippen LogP contribution in [-0.4, -0.2) is 62.0 Å². The minimum absolute atomic E-state index is 0.0412. The first-order valence-corrected chi connectivity index (χ1v) is 12.8. The molecule has 3 aromatic heterocycles. The zero-order valence-electron chi connectivity index (χ0n) is 23.0. The Balaban J connectivity index is 1.46. The van der Waals surface area contributed by atoms with E-state index in [0.717, 1.165) is 16.8 Å². The van der Waals surface area contributed by atoms with Crippen LogP contribution in [0, 0.1) is 13.8 Å². The van der Waals surface area contributed by atoms with Gasteiger partial charge in [-0.1, -0.05) is 50.6 Å². The number of piperazine rings is 1. The molecule has 0 spiro atoms. The standard InChI is InChI=1S/C29H33N5O4/c1-17-8-10-19(11-9-17)21-14-20(28(3,4)5)24-22(30-21)15-23(38-24)26(35)34-13-12-33(16-29(34,6)7)27(36)25-32-31-18(2)37-25/h8-11,14-15H,12-13,16H2,1-7H3. The van der Waals surface area contributed by atoms with E-state index >= 15 is 0 Å². The minimum atomic E-state index is -0.646. The van der Waals surface area contributed by atoms with Gasteiger partial charge in [-0.2, -0.15) is 0 Å². The van der Waals surface area contributed by atoms with Gasteiger partial charge in [-0.15, -0.1) is 10.2 Å². The summed E-state index contributed by atoms with van der Waals surface area (Å²) in [4.78, 5) is 34.9. The Hall–Kier alpha value is -4.01. The number of pyridine rings is 1. The van der Waals surface area contributed by atoms with Crippen molar-refractivity contribution in [2.24, 2.45) is 0 Å². The molecule has 1 saturated heterocycles. The molecule has 9 nitrogen and oxygen atoms in total. The topological polar surface area (TPSA) is 106 Å². The summed E-state index contributed by atoms with van der Waals surface area (Å²) >= 11 is 0. The van der Waals surface area contributed by atoms with Crippen LogP contribution < -0.4 is 0 Å². The van der Waals surface area contributed by atoms with Crippen molar-refractivity contribution in [1.29, 1.82) is 0 Å². The van der Waals surface area contributed by atoms with Crippen LogP contribution in [0.5, 0.6) is 0 Å². The number of furan rings is 1. The SMILES string of the molecule is Cc1ccc(-c2cc(C(C)(C)C)c3oc(C(=O)N4CCN(C(=O)c5nnc(C)o5)CC4(C)C)cc3n2)cc1. The van der Waals surface area contributed by atoms with Crippen LogP contribution in [0.4, 0.5) is 0 Å². The second-order valence-electron chi connectivity index (χ2n) is 11.6. The fraction of sp³-hybridized carbons (Fsp3) is 0.414. The summed E-state index contributed by atoms with van der Waals surface area (Å²) in [5, 5.41) is 7.59. The molecule has 0 unspecified atom stereocenters. The van der Waals surface area contributed by atoms with Crippen LogP contribution in [0.25, 0.3) is 22.4 Å². The summed E-state index contributed by atoms with van der Waals surface area (Å²) in [7, 11) is 0. The minimum Gasteiger partial charge on any atom is -0.449 e. The number of rotatable bonds is 3. The zero-order valence-corrected chi connectivity index (χ0v) is 23.0. The predicted molar refractivity (Wildman–Crippen MR) is 143 cm³/mol. The second kappa shape index (κ2) is 9.08. The summed E-state index contributed by atoms with van der Waals surface area (Å²) in [6, 6.07) is 12.0. The van der Waals surface area contributed by atoms with Gasteiger partial charge in [0.25, 0.3) is 5.91 Å². The van der Waals surface area contributed by atoms with Gasteiger partial charge in [0, 0.05) is 43.8 Å². The number of benzene rings is 1. The first kappa shape index (κ1) is 25.6. The monoisotopic (exact) mass is 515 g/mol. The predicted octanol–water partition coefficient (Wildman–Crippen LogP) is 5.17. The molecule has 0 N–H and O–H groups in total. The molecule has 4 heterocycles. The van der Waals surface area contributed by atoms with Gasteiger partial charge < -0.3 is 18.6 Å². The number of carbonyl (C=O) groups is 2. The number of carbonyl (C=O) groups excluding carboxylic acids is 2. The van der Waals surface area contributed by atoms with Gasteiger partial charge in [0.1, 0.15) is 5.52 Å². The summed E-state index contributed by atoms with van der Waals surface area (Å²) in [6.45, 7) is 14.9. The molecule has 9 heteroatoms. The maximum Gasteiger partial charge on any atom is 0.311 e. The first-order chi connectivity index (χ1) is 17.8. The number of hydrogen-bond acceptors (Lipinski definition) is 7. The number of hydrogen-bond donors (Lipinski definition) is 0. The molecule has 0 bridgehead atoms. The van der Waals surface area contributed by atoms with Crippen LogP contribution in [0.2, 0.25) is 0 Å². The molecule has 198 valence electrons. The van der Waals surface area contributed by atoms with Crippen LogP contribution in [0.3, 0.4) is 0 Å². The fourth-order valence-corrected chi connectivity index (χ4v) is 4.91. The Morgan fingerprint density at radius 2 is 1.66 bits per heavy atom. The van der Waals surface area contributed by atoms with Crippen LogP contribution >= 0.6 is 0 Å². The molecule has 0 saturated carbocycles. The van der Waals surface area contributed by atoms with E-state index in [4.69, 9.17) is 13.8 Å². The lowest BCUT2D eigenvalue weighted by molar-refractivity contribution is 0.0136. The molecule has 1 aromatic carbocycles. The van der Waals surface area contributed by atoms with Crippen LogP contribution in [0.15, 0.2) is 45.2 Å². The fourth-order valence-electron chi connectivity index (χ4n) is 4.91. The van der Waals surface area contributed by atoms with Crippen molar-refractivity contribution >= 4 is 22.9 Å². The van der Waals surface area contributed by atoms with E-state index in [2.05, 4.69) is 68.2 Å². The largest absolute Gasteiger partial charge is 0.449 e. The van der Waals surface area contributed by atoms with Gasteiger partial charge >= 0.3 is 11.8 Å². The summed E-state index contributed by atoms with van der Waals surface area (Å²) in [6.07, 6.45) is 0. The molecular weight excluding hydrogens is 482 g/mol. The Morgan fingerprint density at radius 1 is 0.947 bits per heavy atom. The van der Waals surface area contributed by atoms with Crippen molar-refractivity contribution in [2.45, 2.75) is 59.4 Å². The van der Waals surface area contributed by atoms with Crippen molar-refractivity contribution in [2.75, 3.05) is 19.6 Å². The van der Waals surface area contributed by atoms with Crippen molar-refractivity contribution in [3.63, 3.8) is 0 Å². The van der Waals surface area contributed by atoms with Gasteiger partial charge in [-0.25, -0.2) is 4.98 Å². The van der Waals surface area contributed by atoms with E-state index in [0.29, 0.717) is 36.6 Å². The van der Waals surface area contributed by atoms with Crippen LogP contribution in [0.1, 0.15) is 72.9 Å². The first-order valence-electron chi connectivity index (χ1n) is 12.8. The molecule has 0 atom stereocenters. The number of fused-ring (bicyclic) bond motifs is 1. The van der Waals surface area contributed by atoms with Crippen molar-refractivity contribution in [3.05, 3.63) is 65.1 Å². The molecular formula is C29H33N5O4. The highest BCUT2D eigenvalue weighted by molar-refractivity contribution is 5.97. The highest BCUT2D eigenvalue weighted by atomic mass is 16.4. The molecule has 1 aliphatic rings. The Morgan fingerprint density at radius 3 is 2.26 bits per heavy atom. The Labute approximate surface area is 221 Å². The van der Waals surface area contributed by atoms with Gasteiger partial charge in [0.2, 0.25) is 5.89 Å². The lowest BCUT2D eigenvalue weighted by Gasteiger charge is -2.46. The van der Waals surface area contributed by atoms with E-state index in [9.17, 15) is 9.59 Å². The quantitative estimate of drug-likeness (QED) is 0.371. The Bertz CT molecular complexity index is 1520. The molecule has 4 aromatic rings. The molecule has 38 heavy (non-hydrogen) atoms. The molecule has 2 amide bonds. The van der Waals surface area contributed by atoms with Crippen molar-refractivity contribution in [3.8, 4) is 11.3 Å². The van der Waals surface area contributed by atoms with Gasteiger partial charge in [0.15, 0.2) is 11.3 Å². The molecule has 1 fully saturated rings. The number of aromatic nitrogens is 3. The van der Waals surface area contributed by atoms with Crippen molar-refractivity contribution < 1.29 is 18.4 Å². The van der Waals surface area contributed by atoms with Gasteiger partial charge in [0.05, 0.1) is 11.2 Å². The third-order valence-electron chi connectivity index (χ3n) is 6.99. The highest BCUT2D eigenvalue weighted by Gasteiger charge is 2.41. The smallest absolute Gasteiger partial charge is 0.311 e. The normalized spacial score (nSPS) is 15.8. The van der Waals surface area contributed by atoms with E-state index in [1.165, 1.54) is 5.56 Å². The molecule has 0 aliphatic carbocycles. The number of nitrogens with zero attached hydrogens (tertiary/aromatic N) is 5. The maximum absolute atomic E-state index is 13.7. The summed E-state index contributed by atoms with van der Waals surface area (Å²) < 4.78 is 11.5. The van der Waals surface area contributed by atoms with E-state index in [1.807, 2.05) is 13.8 Å². The summed E-state index contributed by atoms with van der Waals surface area (Å²) in [5.74, 6) is -0.0392. The molecule has 0 radical (unpaired) electrons. The lowest BCUT2D eigenvalue weighted by atomic mass is 9.86. The molecule has 5 rings (SSSR count). The van der Waals surface area contributed by atoms with Crippen molar-refractivity contribution in [1.82, 2.24) is 25.0 Å². The van der Waals surface area contributed by atoms with E-state index < -0.39 is 5.54 Å². The molecule has 1 aliphatic heterocycles. The second-order valence-corrected chi connectivity index (χ2v) is 11.6. The lowest BCUT2D eigenvalue weighted by Crippen LogP contribution is -2.62. The number of aryl methyl sites for hydroxylation is 2. The van der Waals surface area contributed by atoms with E-state index in [-0.39, 0.29) is 28.9 Å². The highest BCUT2D eigenvalue weighted by Crippen LogP contribution is 2.35. The van der Waals surface area contributed by atoms with E-state index in [1.54, 1.807) is 22.8 Å². The van der Waals surface area contributed by atoms with Crippen LogP contribution in [-0.2, 0) is 5.41 Å².